The molecule has 10 heteroatoms. The molecular formula is C28H30N6O3S. The van der Waals surface area contributed by atoms with Crippen LogP contribution in [0.2, 0.25) is 0 Å². The zero-order chi connectivity index (χ0) is 26.6. The zero-order valence-corrected chi connectivity index (χ0v) is 22.7. The van der Waals surface area contributed by atoms with Crippen LogP contribution in [0, 0.1) is 6.92 Å². The Kier molecular flexibility index (Phi) is 7.32. The van der Waals surface area contributed by atoms with Crippen LogP contribution < -0.4 is 19.8 Å². The number of hydrogen-bond donors (Lipinski definition) is 0. The summed E-state index contributed by atoms with van der Waals surface area (Å²) >= 11 is 1.50. The standard InChI is InChI=1S/C28H30N6O3S/c1-20-26(27(35)34(31(20)2)21-9-6-5-7-10-21)30-28-33(15-8-14-32-16-13-29-19-32)24(18-38-28)23-17-22(36-3)11-12-25(23)37-4/h5-7,9-13,16-19H,8,14-15H2,1-4H3. The number of nitrogens with zero attached hydrogens (tertiary/aromatic N) is 6. The van der Waals surface area contributed by atoms with Gasteiger partial charge in [0.25, 0.3) is 5.56 Å². The van der Waals surface area contributed by atoms with Crippen molar-refractivity contribution in [3.63, 3.8) is 0 Å². The van der Waals surface area contributed by atoms with E-state index in [0.717, 1.165) is 51.9 Å². The molecule has 0 aliphatic carbocycles. The predicted octanol–water partition coefficient (Wildman–Crippen LogP) is 4.55. The number of methoxy groups -OCH3 is 2. The molecule has 3 heterocycles. The summed E-state index contributed by atoms with van der Waals surface area (Å²) in [5, 5.41) is 2.06. The summed E-state index contributed by atoms with van der Waals surface area (Å²) in [5.74, 6) is 1.47. The van der Waals surface area contributed by atoms with Crippen molar-refractivity contribution in [3.05, 3.63) is 93.5 Å². The molecule has 5 rings (SSSR count). The number of ether oxygens (including phenoxy) is 2. The molecule has 0 radical (unpaired) electrons. The lowest BCUT2D eigenvalue weighted by Gasteiger charge is -2.13. The Morgan fingerprint density at radius 2 is 1.87 bits per heavy atom. The second-order valence-electron chi connectivity index (χ2n) is 8.80. The molecule has 196 valence electrons. The van der Waals surface area contributed by atoms with Gasteiger partial charge < -0.3 is 18.6 Å². The molecule has 2 aromatic carbocycles. The first kappa shape index (κ1) is 25.3. The molecule has 0 aliphatic heterocycles. The summed E-state index contributed by atoms with van der Waals surface area (Å²) in [6.45, 7) is 3.42. The van der Waals surface area contributed by atoms with Crippen molar-refractivity contribution >= 4 is 17.0 Å². The van der Waals surface area contributed by atoms with Crippen molar-refractivity contribution < 1.29 is 9.47 Å². The Bertz CT molecular complexity index is 1660. The maximum Gasteiger partial charge on any atom is 0.297 e. The highest BCUT2D eigenvalue weighted by atomic mass is 32.1. The highest BCUT2D eigenvalue weighted by Crippen LogP contribution is 2.34. The first-order chi connectivity index (χ1) is 18.5. The number of imidazole rings is 1. The van der Waals surface area contributed by atoms with E-state index < -0.39 is 0 Å². The third kappa shape index (κ3) is 4.82. The van der Waals surface area contributed by atoms with E-state index in [4.69, 9.17) is 14.5 Å². The Morgan fingerprint density at radius 1 is 1.05 bits per heavy atom. The molecule has 38 heavy (non-hydrogen) atoms. The number of rotatable bonds is 9. The molecule has 0 bridgehead atoms. The average Bonchev–Trinajstić information content (AvgIpc) is 3.66. The number of aryl methyl sites for hydroxylation is 1. The van der Waals surface area contributed by atoms with E-state index in [9.17, 15) is 4.79 Å². The van der Waals surface area contributed by atoms with Crippen LogP contribution >= 0.6 is 11.3 Å². The fourth-order valence-electron chi connectivity index (χ4n) is 4.47. The molecule has 5 aromatic rings. The molecule has 0 amide bonds. The van der Waals surface area contributed by atoms with Gasteiger partial charge in [-0.3, -0.25) is 9.48 Å². The first-order valence-electron chi connectivity index (χ1n) is 12.3. The van der Waals surface area contributed by atoms with Crippen molar-refractivity contribution in [1.82, 2.24) is 23.5 Å². The average molecular weight is 531 g/mol. The summed E-state index contributed by atoms with van der Waals surface area (Å²) < 4.78 is 18.9. The maximum absolute atomic E-state index is 13.6. The Morgan fingerprint density at radius 3 is 2.58 bits per heavy atom. The molecule has 0 aliphatic rings. The van der Waals surface area contributed by atoms with E-state index in [1.807, 2.05) is 79.7 Å². The Hall–Kier alpha value is -4.31. The molecule has 0 spiro atoms. The van der Waals surface area contributed by atoms with E-state index in [1.54, 1.807) is 25.1 Å². The Labute approximate surface area is 224 Å². The minimum absolute atomic E-state index is 0.157. The fraction of sp³-hybridized carbons (Fsp3) is 0.250. The van der Waals surface area contributed by atoms with Gasteiger partial charge in [-0.2, -0.15) is 0 Å². The summed E-state index contributed by atoms with van der Waals surface area (Å²) in [6.07, 6.45) is 6.40. The number of hydrogen-bond acceptors (Lipinski definition) is 6. The second kappa shape index (κ2) is 11.0. The quantitative estimate of drug-likeness (QED) is 0.280. The Balaban J connectivity index is 1.64. The highest BCUT2D eigenvalue weighted by Gasteiger charge is 2.18. The van der Waals surface area contributed by atoms with Gasteiger partial charge in [0.1, 0.15) is 11.5 Å². The minimum Gasteiger partial charge on any atom is -0.497 e. The summed E-state index contributed by atoms with van der Waals surface area (Å²) in [6, 6.07) is 15.3. The number of para-hydroxylation sites is 1. The van der Waals surface area contributed by atoms with E-state index >= 15 is 0 Å². The monoisotopic (exact) mass is 530 g/mol. The van der Waals surface area contributed by atoms with Crippen LogP contribution in [0.3, 0.4) is 0 Å². The topological polar surface area (TPSA) is 80.5 Å². The molecule has 0 saturated heterocycles. The maximum atomic E-state index is 13.6. The van der Waals surface area contributed by atoms with E-state index in [2.05, 4.69) is 19.5 Å². The lowest BCUT2D eigenvalue weighted by Crippen LogP contribution is -2.20. The van der Waals surface area contributed by atoms with Crippen molar-refractivity contribution in [2.75, 3.05) is 14.2 Å². The van der Waals surface area contributed by atoms with Gasteiger partial charge >= 0.3 is 0 Å². The fourth-order valence-corrected chi connectivity index (χ4v) is 5.41. The predicted molar refractivity (Wildman–Crippen MR) is 149 cm³/mol. The highest BCUT2D eigenvalue weighted by molar-refractivity contribution is 7.07. The van der Waals surface area contributed by atoms with Gasteiger partial charge in [-0.1, -0.05) is 18.2 Å². The molecule has 0 saturated carbocycles. The van der Waals surface area contributed by atoms with Gasteiger partial charge in [0, 0.05) is 43.5 Å². The van der Waals surface area contributed by atoms with Gasteiger partial charge in [0.15, 0.2) is 10.5 Å². The van der Waals surface area contributed by atoms with E-state index in [1.165, 1.54) is 11.3 Å². The van der Waals surface area contributed by atoms with Gasteiger partial charge in [-0.05, 0) is 43.7 Å². The number of thiazole rings is 1. The molecular weight excluding hydrogens is 500 g/mol. The third-order valence-corrected chi connectivity index (χ3v) is 7.43. The van der Waals surface area contributed by atoms with Crippen molar-refractivity contribution in [2.45, 2.75) is 26.4 Å². The van der Waals surface area contributed by atoms with E-state index in [0.29, 0.717) is 12.2 Å². The summed E-state index contributed by atoms with van der Waals surface area (Å²) in [5.41, 5.74) is 3.70. The number of benzene rings is 2. The van der Waals surface area contributed by atoms with Crippen LogP contribution in [-0.2, 0) is 20.1 Å². The molecule has 0 unspecified atom stereocenters. The smallest absolute Gasteiger partial charge is 0.297 e. The van der Waals surface area contributed by atoms with Crippen LogP contribution in [0.15, 0.2) is 82.4 Å². The lowest BCUT2D eigenvalue weighted by atomic mass is 10.1. The van der Waals surface area contributed by atoms with Gasteiger partial charge in [-0.15, -0.1) is 11.3 Å². The van der Waals surface area contributed by atoms with Crippen LogP contribution in [0.5, 0.6) is 11.5 Å². The molecule has 0 fully saturated rings. The van der Waals surface area contributed by atoms with Crippen molar-refractivity contribution in [3.8, 4) is 28.4 Å². The van der Waals surface area contributed by atoms with Crippen LogP contribution in [0.4, 0.5) is 5.69 Å². The molecule has 0 N–H and O–H groups in total. The first-order valence-corrected chi connectivity index (χ1v) is 13.1. The van der Waals surface area contributed by atoms with E-state index in [-0.39, 0.29) is 5.56 Å². The number of aromatic nitrogens is 5. The minimum atomic E-state index is -0.157. The molecule has 3 aromatic heterocycles. The van der Waals surface area contributed by atoms with Crippen molar-refractivity contribution in [1.29, 1.82) is 0 Å². The normalized spacial score (nSPS) is 11.7. The summed E-state index contributed by atoms with van der Waals surface area (Å²) in [4.78, 5) is 23.4. The van der Waals surface area contributed by atoms with Gasteiger partial charge in [0.2, 0.25) is 0 Å². The molecule has 9 nitrogen and oxygen atoms in total. The zero-order valence-electron chi connectivity index (χ0n) is 21.9. The van der Waals surface area contributed by atoms with Gasteiger partial charge in [0.05, 0.1) is 37.6 Å². The molecule has 0 atom stereocenters. The second-order valence-corrected chi connectivity index (χ2v) is 9.63. The largest absolute Gasteiger partial charge is 0.497 e. The third-order valence-electron chi connectivity index (χ3n) is 6.57. The van der Waals surface area contributed by atoms with Gasteiger partial charge in [-0.25, -0.2) is 14.7 Å². The van der Waals surface area contributed by atoms with Crippen molar-refractivity contribution in [2.24, 2.45) is 12.0 Å². The summed E-state index contributed by atoms with van der Waals surface area (Å²) in [7, 11) is 5.18. The van der Waals surface area contributed by atoms with Crippen LogP contribution in [-0.4, -0.2) is 37.7 Å². The van der Waals surface area contributed by atoms with Crippen LogP contribution in [0.1, 0.15) is 12.1 Å². The SMILES string of the molecule is COc1ccc(OC)c(-c2csc(=Nc3c(C)n(C)n(-c4ccccc4)c3=O)n2CCCn2ccnc2)c1. The van der Waals surface area contributed by atoms with Crippen LogP contribution in [0.25, 0.3) is 16.9 Å². The lowest BCUT2D eigenvalue weighted by molar-refractivity contribution is 0.404.